The maximum Gasteiger partial charge on any atom is 0.264 e. The smallest absolute Gasteiger partial charge is 0.264 e. The molecule has 0 radical (unpaired) electrons. The van der Waals surface area contributed by atoms with Crippen molar-refractivity contribution >= 4 is 21.6 Å². The first kappa shape index (κ1) is 29.9. The lowest BCUT2D eigenvalue weighted by Crippen LogP contribution is -2.48. The van der Waals surface area contributed by atoms with E-state index < -0.39 is 21.2 Å². The summed E-state index contributed by atoms with van der Waals surface area (Å²) in [6.45, 7) is 8.23. The number of benzene rings is 2. The number of anilines is 1. The third kappa shape index (κ3) is 6.29. The monoisotopic (exact) mass is 582 g/mol. The number of carbonyl (C=O) groups excluding carboxylic acids is 1. The summed E-state index contributed by atoms with van der Waals surface area (Å²) in [7, 11) is -3.83. The summed E-state index contributed by atoms with van der Waals surface area (Å²) in [6.07, 6.45) is 6.80. The molecule has 0 unspecified atom stereocenters. The average Bonchev–Trinajstić information content (AvgIpc) is 3.07. The molecular formula is C33H46N2O5S. The maximum atomic E-state index is 13.3. The van der Waals surface area contributed by atoms with Crippen LogP contribution in [-0.4, -0.2) is 50.5 Å². The van der Waals surface area contributed by atoms with Crippen molar-refractivity contribution in [1.82, 2.24) is 4.72 Å². The Morgan fingerprint density at radius 1 is 1.07 bits per heavy atom. The normalized spacial score (nSPS) is 30.2. The molecule has 2 heterocycles. The minimum absolute atomic E-state index is 0.228. The molecule has 1 fully saturated rings. The third-order valence-electron chi connectivity index (χ3n) is 9.67. The highest BCUT2D eigenvalue weighted by atomic mass is 32.2. The molecular weight excluding hydrogens is 536 g/mol. The Labute approximate surface area is 245 Å². The van der Waals surface area contributed by atoms with Gasteiger partial charge in [0.25, 0.3) is 5.91 Å². The van der Waals surface area contributed by atoms with Gasteiger partial charge in [-0.3, -0.25) is 4.79 Å². The van der Waals surface area contributed by atoms with Gasteiger partial charge in [0.15, 0.2) is 0 Å². The molecule has 0 aromatic heterocycles. The van der Waals surface area contributed by atoms with Gasteiger partial charge in [-0.1, -0.05) is 64.3 Å². The molecule has 1 aliphatic carbocycles. The van der Waals surface area contributed by atoms with Gasteiger partial charge in [0.2, 0.25) is 10.0 Å². The Morgan fingerprint density at radius 2 is 1.85 bits per heavy atom. The highest BCUT2D eigenvalue weighted by Crippen LogP contribution is 2.44. The number of aliphatic hydroxyl groups excluding tert-OH is 1. The Kier molecular flexibility index (Phi) is 9.00. The molecule has 2 bridgehead atoms. The number of amides is 1. The van der Waals surface area contributed by atoms with Crippen molar-refractivity contribution in [2.75, 3.05) is 24.6 Å². The summed E-state index contributed by atoms with van der Waals surface area (Å²) >= 11 is 0. The topological polar surface area (TPSA) is 95.9 Å². The summed E-state index contributed by atoms with van der Waals surface area (Å²) < 4.78 is 35.2. The van der Waals surface area contributed by atoms with E-state index >= 15 is 0 Å². The van der Waals surface area contributed by atoms with E-state index in [1.54, 1.807) is 18.2 Å². The lowest BCUT2D eigenvalue weighted by atomic mass is 9.69. The number of rotatable bonds is 4. The number of nitrogens with zero attached hydrogens (tertiary/aromatic N) is 1. The van der Waals surface area contributed by atoms with E-state index in [0.717, 1.165) is 44.3 Å². The lowest BCUT2D eigenvalue weighted by Gasteiger charge is -2.44. The van der Waals surface area contributed by atoms with E-state index in [4.69, 9.17) is 4.74 Å². The number of aliphatic hydroxyl groups is 1. The largest absolute Gasteiger partial charge is 0.490 e. The van der Waals surface area contributed by atoms with E-state index in [2.05, 4.69) is 47.7 Å². The van der Waals surface area contributed by atoms with Crippen molar-refractivity contribution in [3.63, 3.8) is 0 Å². The molecule has 0 saturated heterocycles. The first-order valence-electron chi connectivity index (χ1n) is 15.5. The standard InChI is InChI=1S/C33H46N2O5S/c1-4-10-23-11-6-8-13-28(23)33(3)21-35-20-25-15-17-27(25)30(36)14-9-7-12-26(5-2)41(38,39)34-32(37)24-16-18-31(40-22-33)29(35)19-24/h6,8,11,13,16,18-19,25-27,30,36H,4-5,7,9-10,12,14-15,17,20-22H2,1-3H3,(H,34,37)/t25-,26+,27+,30-,33-/m0/s1. The lowest BCUT2D eigenvalue weighted by molar-refractivity contribution is 0.00914. The Hall–Kier alpha value is -2.58. The zero-order chi connectivity index (χ0) is 29.2. The molecule has 41 heavy (non-hydrogen) atoms. The van der Waals surface area contributed by atoms with Crippen LogP contribution in [0.3, 0.4) is 0 Å². The third-order valence-corrected chi connectivity index (χ3v) is 11.6. The molecule has 3 aliphatic rings. The Balaban J connectivity index is 1.55. The molecule has 1 amide bonds. The van der Waals surface area contributed by atoms with E-state index in [1.165, 1.54) is 11.1 Å². The van der Waals surface area contributed by atoms with E-state index in [0.29, 0.717) is 56.1 Å². The van der Waals surface area contributed by atoms with Crippen LogP contribution in [0.15, 0.2) is 42.5 Å². The van der Waals surface area contributed by atoms with Gasteiger partial charge >= 0.3 is 0 Å². The molecule has 0 spiro atoms. The van der Waals surface area contributed by atoms with E-state index in [9.17, 15) is 18.3 Å². The number of carbonyl (C=O) groups is 1. The van der Waals surface area contributed by atoms with Gasteiger partial charge in [-0.25, -0.2) is 13.1 Å². The molecule has 2 aromatic rings. The van der Waals surface area contributed by atoms with Crippen LogP contribution in [-0.2, 0) is 21.9 Å². The molecule has 8 heteroatoms. The van der Waals surface area contributed by atoms with Crippen LogP contribution in [0.5, 0.6) is 5.75 Å². The zero-order valence-electron chi connectivity index (χ0n) is 24.8. The molecule has 5 rings (SSSR count). The van der Waals surface area contributed by atoms with Crippen molar-refractivity contribution < 1.29 is 23.1 Å². The van der Waals surface area contributed by atoms with Crippen LogP contribution in [0.2, 0.25) is 0 Å². The fourth-order valence-electron chi connectivity index (χ4n) is 7.14. The van der Waals surface area contributed by atoms with Crippen LogP contribution < -0.4 is 14.4 Å². The molecule has 1 saturated carbocycles. The number of fused-ring (bicyclic) bond motifs is 2. The summed E-state index contributed by atoms with van der Waals surface area (Å²) in [4.78, 5) is 15.6. The van der Waals surface area contributed by atoms with Crippen LogP contribution in [0.1, 0.15) is 93.6 Å². The second kappa shape index (κ2) is 12.3. The predicted molar refractivity (Wildman–Crippen MR) is 163 cm³/mol. The molecule has 5 atom stereocenters. The minimum Gasteiger partial charge on any atom is -0.490 e. The average molecular weight is 583 g/mol. The minimum atomic E-state index is -3.83. The van der Waals surface area contributed by atoms with E-state index in [-0.39, 0.29) is 17.4 Å². The number of nitrogens with one attached hydrogen (secondary N) is 1. The van der Waals surface area contributed by atoms with Crippen molar-refractivity contribution in [1.29, 1.82) is 0 Å². The van der Waals surface area contributed by atoms with Crippen LogP contribution >= 0.6 is 0 Å². The van der Waals surface area contributed by atoms with Gasteiger partial charge in [-0.15, -0.1) is 0 Å². The van der Waals surface area contributed by atoms with Gasteiger partial charge in [-0.2, -0.15) is 0 Å². The highest BCUT2D eigenvalue weighted by molar-refractivity contribution is 7.90. The second-order valence-electron chi connectivity index (χ2n) is 12.7. The SMILES string of the molecule is CCCc1ccccc1[C@]1(C)COc2ccc3cc2N(C[C@@H]2CC[C@H]2[C@@H](O)CCCC[C@@H](CC)S(=O)(=O)NC3=O)C1. The second-order valence-corrected chi connectivity index (χ2v) is 14.6. The van der Waals surface area contributed by atoms with Crippen molar-refractivity contribution in [2.24, 2.45) is 11.8 Å². The molecule has 2 N–H and O–H groups in total. The molecule has 2 aliphatic heterocycles. The summed E-state index contributed by atoms with van der Waals surface area (Å²) in [6, 6.07) is 13.9. The van der Waals surface area contributed by atoms with Crippen molar-refractivity contribution in [3.8, 4) is 5.75 Å². The number of hydrogen-bond acceptors (Lipinski definition) is 6. The van der Waals surface area contributed by atoms with Gasteiger partial charge < -0.3 is 14.7 Å². The van der Waals surface area contributed by atoms with Gasteiger partial charge in [0.05, 0.1) is 23.6 Å². The number of ether oxygens (including phenoxy) is 1. The van der Waals surface area contributed by atoms with Crippen LogP contribution in [0.4, 0.5) is 5.69 Å². The zero-order valence-corrected chi connectivity index (χ0v) is 25.6. The first-order valence-corrected chi connectivity index (χ1v) is 17.0. The number of hydrogen-bond donors (Lipinski definition) is 2. The first-order chi connectivity index (χ1) is 19.6. The van der Waals surface area contributed by atoms with Crippen LogP contribution in [0, 0.1) is 11.8 Å². The number of sulfonamides is 1. The van der Waals surface area contributed by atoms with Gasteiger partial charge in [0.1, 0.15) is 5.75 Å². The molecule has 224 valence electrons. The van der Waals surface area contributed by atoms with Gasteiger partial charge in [-0.05, 0) is 79.7 Å². The highest BCUT2D eigenvalue weighted by Gasteiger charge is 2.41. The van der Waals surface area contributed by atoms with Crippen molar-refractivity contribution in [2.45, 2.75) is 95.3 Å². The summed E-state index contributed by atoms with van der Waals surface area (Å²) in [5.74, 6) is 0.673. The predicted octanol–water partition coefficient (Wildman–Crippen LogP) is 5.60. The van der Waals surface area contributed by atoms with E-state index in [1.807, 2.05) is 6.92 Å². The Morgan fingerprint density at radius 3 is 2.59 bits per heavy atom. The fourth-order valence-corrected chi connectivity index (χ4v) is 8.60. The summed E-state index contributed by atoms with van der Waals surface area (Å²) in [5.41, 5.74) is 3.42. The summed E-state index contributed by atoms with van der Waals surface area (Å²) in [5, 5.41) is 10.5. The molecule has 7 nitrogen and oxygen atoms in total. The number of aryl methyl sites for hydroxylation is 1. The molecule has 2 aromatic carbocycles. The van der Waals surface area contributed by atoms with Gasteiger partial charge in [0, 0.05) is 24.1 Å². The van der Waals surface area contributed by atoms with Crippen molar-refractivity contribution in [3.05, 3.63) is 59.2 Å². The fraction of sp³-hybridized carbons (Fsp3) is 0.606. The Bertz CT molecular complexity index is 1340. The quantitative estimate of drug-likeness (QED) is 0.488. The van der Waals surface area contributed by atoms with Crippen LogP contribution in [0.25, 0.3) is 0 Å². The maximum absolute atomic E-state index is 13.3.